The van der Waals surface area contributed by atoms with E-state index in [0.717, 1.165) is 33.3 Å². The normalized spacial score (nSPS) is 11.9. The Morgan fingerprint density at radius 2 is 1.79 bits per heavy atom. The number of fused-ring (bicyclic) bond motifs is 1. The number of H-pyrrole nitrogens is 1. The van der Waals surface area contributed by atoms with Gasteiger partial charge in [0.25, 0.3) is 5.91 Å². The van der Waals surface area contributed by atoms with Gasteiger partial charge in [0.1, 0.15) is 5.75 Å². The predicted molar refractivity (Wildman–Crippen MR) is 109 cm³/mol. The Kier molecular flexibility index (Phi) is 5.68. The summed E-state index contributed by atoms with van der Waals surface area (Å²) in [6, 6.07) is 13.5. The number of carbonyl (C=O) groups is 2. The summed E-state index contributed by atoms with van der Waals surface area (Å²) in [6.07, 6.45) is -0.571. The van der Waals surface area contributed by atoms with E-state index in [-0.39, 0.29) is 12.3 Å². The molecule has 0 spiro atoms. The van der Waals surface area contributed by atoms with Crippen molar-refractivity contribution >= 4 is 22.7 Å². The van der Waals surface area contributed by atoms with Crippen molar-refractivity contribution in [2.24, 2.45) is 0 Å². The summed E-state index contributed by atoms with van der Waals surface area (Å²) in [5.41, 5.74) is 9.84. The molecule has 1 aromatic heterocycles. The molecule has 2 amide bonds. The predicted octanol–water partition coefficient (Wildman–Crippen LogP) is 3.25. The minimum Gasteiger partial charge on any atom is -0.481 e. The van der Waals surface area contributed by atoms with Gasteiger partial charge in [0, 0.05) is 16.6 Å². The van der Waals surface area contributed by atoms with E-state index in [0.29, 0.717) is 5.75 Å². The van der Waals surface area contributed by atoms with Gasteiger partial charge in [-0.1, -0.05) is 30.3 Å². The van der Waals surface area contributed by atoms with Crippen LogP contribution in [0.1, 0.15) is 29.3 Å². The molecular formula is C22H25N3O3. The highest BCUT2D eigenvalue weighted by Crippen LogP contribution is 2.23. The molecule has 3 aromatic rings. The van der Waals surface area contributed by atoms with Crippen molar-refractivity contribution in [1.29, 1.82) is 0 Å². The first-order valence-corrected chi connectivity index (χ1v) is 9.24. The average molecular weight is 379 g/mol. The van der Waals surface area contributed by atoms with Crippen molar-refractivity contribution in [3.8, 4) is 5.75 Å². The van der Waals surface area contributed by atoms with Gasteiger partial charge in [0.05, 0.1) is 6.42 Å². The number of carbonyl (C=O) groups excluding carboxylic acids is 2. The summed E-state index contributed by atoms with van der Waals surface area (Å²) in [5.74, 6) is -0.0477. The lowest BCUT2D eigenvalue weighted by molar-refractivity contribution is -0.132. The number of aromatic amines is 1. The molecule has 1 unspecified atom stereocenters. The highest BCUT2D eigenvalue weighted by Gasteiger charge is 2.18. The highest BCUT2D eigenvalue weighted by molar-refractivity contribution is 5.91. The van der Waals surface area contributed by atoms with Crippen molar-refractivity contribution in [3.63, 3.8) is 0 Å². The summed E-state index contributed by atoms with van der Waals surface area (Å²) in [6.45, 7) is 7.51. The standard InChI is InChI=1S/C22H25N3O3/c1-13-8-7-11-20(14(13)2)28-16(4)22(27)25-24-21(26)12-18-15(3)23-19-10-6-5-9-17(18)19/h5-11,16,23H,12H2,1-4H3,(H,24,26)(H,25,27). The van der Waals surface area contributed by atoms with Crippen LogP contribution in [0.25, 0.3) is 10.9 Å². The third-order valence-corrected chi connectivity index (χ3v) is 4.92. The van der Waals surface area contributed by atoms with Crippen LogP contribution in [0.2, 0.25) is 0 Å². The number of ether oxygens (including phenoxy) is 1. The molecule has 0 radical (unpaired) electrons. The molecule has 146 valence electrons. The van der Waals surface area contributed by atoms with Crippen molar-refractivity contribution in [2.75, 3.05) is 0 Å². The number of aromatic nitrogens is 1. The Balaban J connectivity index is 1.57. The van der Waals surface area contributed by atoms with Crippen molar-refractivity contribution in [1.82, 2.24) is 15.8 Å². The van der Waals surface area contributed by atoms with Gasteiger partial charge >= 0.3 is 0 Å². The summed E-state index contributed by atoms with van der Waals surface area (Å²) >= 11 is 0. The lowest BCUT2D eigenvalue weighted by Crippen LogP contribution is -2.47. The lowest BCUT2D eigenvalue weighted by Gasteiger charge is -2.17. The zero-order valence-electron chi connectivity index (χ0n) is 16.6. The minimum absolute atomic E-state index is 0.169. The number of hydrogen-bond donors (Lipinski definition) is 3. The largest absolute Gasteiger partial charge is 0.481 e. The average Bonchev–Trinajstić information content (AvgIpc) is 2.98. The van der Waals surface area contributed by atoms with Gasteiger partial charge in [-0.15, -0.1) is 0 Å². The molecule has 0 bridgehead atoms. The van der Waals surface area contributed by atoms with Gasteiger partial charge in [-0.3, -0.25) is 20.4 Å². The van der Waals surface area contributed by atoms with Crippen LogP contribution in [0, 0.1) is 20.8 Å². The zero-order chi connectivity index (χ0) is 20.3. The monoisotopic (exact) mass is 379 g/mol. The van der Waals surface area contributed by atoms with Crippen LogP contribution in [-0.4, -0.2) is 22.9 Å². The molecule has 0 aliphatic rings. The fourth-order valence-electron chi connectivity index (χ4n) is 3.10. The molecule has 3 N–H and O–H groups in total. The van der Waals surface area contributed by atoms with E-state index in [9.17, 15) is 9.59 Å². The fourth-order valence-corrected chi connectivity index (χ4v) is 3.10. The van der Waals surface area contributed by atoms with E-state index in [2.05, 4.69) is 15.8 Å². The van der Waals surface area contributed by atoms with E-state index in [1.807, 2.05) is 63.2 Å². The number of hydrogen-bond acceptors (Lipinski definition) is 3. The quantitative estimate of drug-likeness (QED) is 0.595. The first-order valence-electron chi connectivity index (χ1n) is 9.24. The van der Waals surface area contributed by atoms with Crippen LogP contribution in [-0.2, 0) is 16.0 Å². The minimum atomic E-state index is -0.740. The van der Waals surface area contributed by atoms with E-state index < -0.39 is 12.0 Å². The summed E-state index contributed by atoms with van der Waals surface area (Å²) in [5, 5.41) is 1.01. The van der Waals surface area contributed by atoms with E-state index in [4.69, 9.17) is 4.74 Å². The van der Waals surface area contributed by atoms with Crippen LogP contribution in [0.3, 0.4) is 0 Å². The molecule has 2 aromatic carbocycles. The lowest BCUT2D eigenvalue weighted by atomic mass is 10.1. The fraction of sp³-hybridized carbons (Fsp3) is 0.273. The molecule has 6 heteroatoms. The van der Waals surface area contributed by atoms with Gasteiger partial charge in [-0.05, 0) is 56.5 Å². The number of benzene rings is 2. The molecule has 0 fully saturated rings. The Morgan fingerprint density at radius 1 is 1.04 bits per heavy atom. The van der Waals surface area contributed by atoms with E-state index in [1.165, 1.54) is 0 Å². The number of nitrogens with one attached hydrogen (secondary N) is 3. The van der Waals surface area contributed by atoms with Crippen molar-refractivity contribution < 1.29 is 14.3 Å². The molecule has 1 atom stereocenters. The Hall–Kier alpha value is -3.28. The van der Waals surface area contributed by atoms with Crippen molar-refractivity contribution in [3.05, 3.63) is 64.8 Å². The second-order valence-corrected chi connectivity index (χ2v) is 6.95. The molecule has 1 heterocycles. The first-order chi connectivity index (χ1) is 13.4. The number of para-hydroxylation sites is 1. The SMILES string of the molecule is Cc1cccc(OC(C)C(=O)NNC(=O)Cc2c(C)[nH]c3ccccc23)c1C. The van der Waals surface area contributed by atoms with E-state index >= 15 is 0 Å². The Morgan fingerprint density at radius 3 is 2.57 bits per heavy atom. The van der Waals surface area contributed by atoms with Crippen molar-refractivity contribution in [2.45, 2.75) is 40.2 Å². The Bertz CT molecular complexity index is 1020. The number of aryl methyl sites for hydroxylation is 2. The molecule has 0 saturated heterocycles. The second-order valence-electron chi connectivity index (χ2n) is 6.95. The first kappa shape index (κ1) is 19.5. The smallest absolute Gasteiger partial charge is 0.279 e. The molecule has 28 heavy (non-hydrogen) atoms. The number of amides is 2. The molecule has 0 aliphatic heterocycles. The highest BCUT2D eigenvalue weighted by atomic mass is 16.5. The van der Waals surface area contributed by atoms with Gasteiger partial charge in [-0.2, -0.15) is 0 Å². The zero-order valence-corrected chi connectivity index (χ0v) is 16.6. The second kappa shape index (κ2) is 8.17. The van der Waals surface area contributed by atoms with Crippen LogP contribution in [0.4, 0.5) is 0 Å². The van der Waals surface area contributed by atoms with Gasteiger partial charge < -0.3 is 9.72 Å². The summed E-state index contributed by atoms with van der Waals surface area (Å²) in [7, 11) is 0. The molecule has 3 rings (SSSR count). The van der Waals surface area contributed by atoms with Crippen LogP contribution in [0.15, 0.2) is 42.5 Å². The molecule has 0 saturated carbocycles. The molecule has 0 aliphatic carbocycles. The number of rotatable bonds is 5. The topological polar surface area (TPSA) is 83.2 Å². The Labute approximate surface area is 164 Å². The maximum Gasteiger partial charge on any atom is 0.279 e. The maximum absolute atomic E-state index is 12.3. The van der Waals surface area contributed by atoms with Gasteiger partial charge in [-0.25, -0.2) is 0 Å². The molecular weight excluding hydrogens is 354 g/mol. The number of hydrazine groups is 1. The van der Waals surface area contributed by atoms with Crippen LogP contribution >= 0.6 is 0 Å². The van der Waals surface area contributed by atoms with Gasteiger partial charge in [0.15, 0.2) is 6.10 Å². The van der Waals surface area contributed by atoms with Gasteiger partial charge in [0.2, 0.25) is 5.91 Å². The van der Waals surface area contributed by atoms with Crippen LogP contribution < -0.4 is 15.6 Å². The van der Waals surface area contributed by atoms with Crippen LogP contribution in [0.5, 0.6) is 5.75 Å². The summed E-state index contributed by atoms with van der Waals surface area (Å²) < 4.78 is 5.73. The third kappa shape index (κ3) is 4.17. The summed E-state index contributed by atoms with van der Waals surface area (Å²) in [4.78, 5) is 27.8. The molecule has 6 nitrogen and oxygen atoms in total. The van der Waals surface area contributed by atoms with E-state index in [1.54, 1.807) is 6.92 Å². The third-order valence-electron chi connectivity index (χ3n) is 4.92. The maximum atomic E-state index is 12.3.